The normalized spacial score (nSPS) is 19.7. The summed E-state index contributed by atoms with van der Waals surface area (Å²) in [6.07, 6.45) is 2.34. The van der Waals surface area contributed by atoms with E-state index in [9.17, 15) is 4.79 Å². The van der Waals surface area contributed by atoms with Gasteiger partial charge >= 0.3 is 0 Å². The third kappa shape index (κ3) is 3.56. The first-order valence-electron chi connectivity index (χ1n) is 6.47. The molecule has 1 aliphatic heterocycles. The van der Waals surface area contributed by atoms with Gasteiger partial charge in [0.25, 0.3) is 0 Å². The molecule has 1 aliphatic rings. The van der Waals surface area contributed by atoms with Gasteiger partial charge in [-0.2, -0.15) is 0 Å². The van der Waals surface area contributed by atoms with E-state index in [1.165, 1.54) is 12.8 Å². The third-order valence-corrected chi connectivity index (χ3v) is 4.00. The van der Waals surface area contributed by atoms with Crippen molar-refractivity contribution in [1.82, 2.24) is 4.90 Å². The summed E-state index contributed by atoms with van der Waals surface area (Å²) < 4.78 is 0. The molecule has 1 aromatic carbocycles. The molecule has 0 radical (unpaired) electrons. The van der Waals surface area contributed by atoms with E-state index in [1.54, 1.807) is 24.3 Å². The van der Waals surface area contributed by atoms with Gasteiger partial charge in [-0.25, -0.2) is 0 Å². The average molecular weight is 266 g/mol. The Bertz CT molecular complexity index is 415. The van der Waals surface area contributed by atoms with Crippen LogP contribution in [-0.4, -0.2) is 30.3 Å². The van der Waals surface area contributed by atoms with Crippen LogP contribution in [0.3, 0.4) is 0 Å². The van der Waals surface area contributed by atoms with Crippen LogP contribution in [-0.2, 0) is 0 Å². The molecule has 18 heavy (non-hydrogen) atoms. The lowest BCUT2D eigenvalue weighted by Gasteiger charge is -2.36. The maximum atomic E-state index is 12.1. The van der Waals surface area contributed by atoms with Crippen LogP contribution >= 0.6 is 11.6 Å². The molecule has 0 saturated carbocycles. The van der Waals surface area contributed by atoms with Gasteiger partial charge in [0.15, 0.2) is 5.78 Å². The van der Waals surface area contributed by atoms with Crippen molar-refractivity contribution in [3.8, 4) is 0 Å². The Morgan fingerprint density at radius 3 is 2.33 bits per heavy atom. The van der Waals surface area contributed by atoms with E-state index in [-0.39, 0.29) is 5.78 Å². The molecule has 0 amide bonds. The second kappa shape index (κ2) is 5.41. The first-order valence-corrected chi connectivity index (χ1v) is 6.85. The zero-order valence-corrected chi connectivity index (χ0v) is 11.8. The van der Waals surface area contributed by atoms with E-state index in [2.05, 4.69) is 18.7 Å². The maximum absolute atomic E-state index is 12.1. The van der Waals surface area contributed by atoms with Crippen molar-refractivity contribution in [2.45, 2.75) is 26.7 Å². The summed E-state index contributed by atoms with van der Waals surface area (Å²) in [5, 5.41) is 0.672. The zero-order chi connectivity index (χ0) is 13.2. The Labute approximate surface area is 114 Å². The van der Waals surface area contributed by atoms with Crippen LogP contribution in [0.1, 0.15) is 37.0 Å². The first-order chi connectivity index (χ1) is 8.46. The molecule has 0 aliphatic carbocycles. The predicted octanol–water partition coefficient (Wildman–Crippen LogP) is 3.64. The summed E-state index contributed by atoms with van der Waals surface area (Å²) in [5.41, 5.74) is 1.18. The maximum Gasteiger partial charge on any atom is 0.176 e. The lowest BCUT2D eigenvalue weighted by atomic mass is 9.82. The van der Waals surface area contributed by atoms with Crippen LogP contribution in [0.4, 0.5) is 0 Å². The smallest absolute Gasteiger partial charge is 0.176 e. The van der Waals surface area contributed by atoms with Crippen molar-refractivity contribution in [1.29, 1.82) is 0 Å². The molecule has 1 heterocycles. The minimum atomic E-state index is 0.186. The minimum absolute atomic E-state index is 0.186. The highest BCUT2D eigenvalue weighted by atomic mass is 35.5. The number of piperidine rings is 1. The lowest BCUT2D eigenvalue weighted by molar-refractivity contribution is 0.0845. The quantitative estimate of drug-likeness (QED) is 0.778. The summed E-state index contributed by atoms with van der Waals surface area (Å²) in [6.45, 7) is 7.16. The van der Waals surface area contributed by atoms with Crippen molar-refractivity contribution < 1.29 is 4.79 Å². The molecule has 0 atom stereocenters. The zero-order valence-electron chi connectivity index (χ0n) is 11.1. The highest BCUT2D eigenvalue weighted by molar-refractivity contribution is 6.30. The van der Waals surface area contributed by atoms with Gasteiger partial charge in [0.1, 0.15) is 0 Å². The van der Waals surface area contributed by atoms with Crippen LogP contribution in [0.5, 0.6) is 0 Å². The number of halogens is 1. The number of Topliss-reactive ketones (excluding diaryl/α,β-unsaturated/α-hetero) is 1. The molecule has 2 rings (SSSR count). The predicted molar refractivity (Wildman–Crippen MR) is 75.2 cm³/mol. The Morgan fingerprint density at radius 2 is 1.78 bits per heavy atom. The van der Waals surface area contributed by atoms with Crippen LogP contribution in [0.2, 0.25) is 5.02 Å². The van der Waals surface area contributed by atoms with Crippen LogP contribution in [0.25, 0.3) is 0 Å². The van der Waals surface area contributed by atoms with E-state index >= 15 is 0 Å². The molecule has 0 bridgehead atoms. The van der Waals surface area contributed by atoms with Gasteiger partial charge in [-0.3, -0.25) is 9.69 Å². The van der Waals surface area contributed by atoms with Gasteiger partial charge in [-0.05, 0) is 55.6 Å². The lowest BCUT2D eigenvalue weighted by Crippen LogP contribution is -2.40. The second-order valence-corrected chi connectivity index (χ2v) is 6.31. The number of likely N-dealkylation sites (tertiary alicyclic amines) is 1. The monoisotopic (exact) mass is 265 g/mol. The number of benzene rings is 1. The van der Waals surface area contributed by atoms with E-state index < -0.39 is 0 Å². The molecule has 0 spiro atoms. The molecule has 98 valence electrons. The molecule has 2 nitrogen and oxygen atoms in total. The number of hydrogen-bond acceptors (Lipinski definition) is 2. The summed E-state index contributed by atoms with van der Waals surface area (Å²) in [4.78, 5) is 14.4. The standard InChI is InChI=1S/C15H20ClNO/c1-15(2)7-9-17(10-8-15)11-14(18)12-3-5-13(16)6-4-12/h3-6H,7-11H2,1-2H3. The van der Waals surface area contributed by atoms with E-state index in [0.29, 0.717) is 17.0 Å². The Morgan fingerprint density at radius 1 is 1.22 bits per heavy atom. The molecular weight excluding hydrogens is 246 g/mol. The fraction of sp³-hybridized carbons (Fsp3) is 0.533. The van der Waals surface area contributed by atoms with Crippen LogP contribution in [0.15, 0.2) is 24.3 Å². The number of nitrogens with zero attached hydrogens (tertiary/aromatic N) is 1. The largest absolute Gasteiger partial charge is 0.296 e. The topological polar surface area (TPSA) is 20.3 Å². The number of ketones is 1. The number of rotatable bonds is 3. The summed E-state index contributed by atoms with van der Waals surface area (Å²) in [5.74, 6) is 0.186. The highest BCUT2D eigenvalue weighted by Crippen LogP contribution is 2.29. The second-order valence-electron chi connectivity index (χ2n) is 5.87. The van der Waals surface area contributed by atoms with Crippen molar-refractivity contribution in [2.24, 2.45) is 5.41 Å². The van der Waals surface area contributed by atoms with Crippen LogP contribution < -0.4 is 0 Å². The molecule has 0 unspecified atom stereocenters. The molecular formula is C15H20ClNO. The van der Waals surface area contributed by atoms with Gasteiger partial charge < -0.3 is 0 Å². The summed E-state index contributed by atoms with van der Waals surface area (Å²) in [6, 6.07) is 7.15. The average Bonchev–Trinajstić information content (AvgIpc) is 2.33. The molecule has 1 aromatic rings. The van der Waals surface area contributed by atoms with Gasteiger partial charge in [0, 0.05) is 10.6 Å². The molecule has 1 fully saturated rings. The molecule has 1 saturated heterocycles. The van der Waals surface area contributed by atoms with Gasteiger partial charge in [0.05, 0.1) is 6.54 Å². The first kappa shape index (κ1) is 13.6. The van der Waals surface area contributed by atoms with Gasteiger partial charge in [0.2, 0.25) is 0 Å². The minimum Gasteiger partial charge on any atom is -0.296 e. The molecule has 0 aromatic heterocycles. The van der Waals surface area contributed by atoms with Crippen molar-refractivity contribution in [3.05, 3.63) is 34.9 Å². The Kier molecular flexibility index (Phi) is 4.08. The molecule has 0 N–H and O–H groups in total. The van der Waals surface area contributed by atoms with Crippen molar-refractivity contribution in [3.63, 3.8) is 0 Å². The van der Waals surface area contributed by atoms with Crippen LogP contribution in [0, 0.1) is 5.41 Å². The fourth-order valence-corrected chi connectivity index (χ4v) is 2.37. The van der Waals surface area contributed by atoms with Crippen molar-refractivity contribution in [2.75, 3.05) is 19.6 Å². The van der Waals surface area contributed by atoms with Crippen molar-refractivity contribution >= 4 is 17.4 Å². The Hall–Kier alpha value is -0.860. The number of carbonyl (C=O) groups is 1. The van der Waals surface area contributed by atoms with Gasteiger partial charge in [-0.1, -0.05) is 25.4 Å². The number of hydrogen-bond donors (Lipinski definition) is 0. The number of carbonyl (C=O) groups excluding carboxylic acids is 1. The summed E-state index contributed by atoms with van der Waals surface area (Å²) in [7, 11) is 0. The van der Waals surface area contributed by atoms with E-state index in [4.69, 9.17) is 11.6 Å². The SMILES string of the molecule is CC1(C)CCN(CC(=O)c2ccc(Cl)cc2)CC1. The Balaban J connectivity index is 1.90. The fourth-order valence-electron chi connectivity index (χ4n) is 2.25. The van der Waals surface area contributed by atoms with Gasteiger partial charge in [-0.15, -0.1) is 0 Å². The van der Waals surface area contributed by atoms with E-state index in [0.717, 1.165) is 18.7 Å². The third-order valence-electron chi connectivity index (χ3n) is 3.74. The summed E-state index contributed by atoms with van der Waals surface area (Å²) >= 11 is 5.82. The highest BCUT2D eigenvalue weighted by Gasteiger charge is 2.26. The van der Waals surface area contributed by atoms with E-state index in [1.807, 2.05) is 0 Å². The molecule has 3 heteroatoms.